The monoisotopic (exact) mass is 1260 g/mol. The van der Waals surface area contributed by atoms with Gasteiger partial charge >= 0.3 is 0 Å². The second kappa shape index (κ2) is 28.4. The van der Waals surface area contributed by atoms with Gasteiger partial charge in [-0.25, -0.2) is 9.13 Å². The number of rotatable bonds is 22. The molecule has 1 N–H and O–H groups in total. The number of hydrogen-bond acceptors (Lipinski definition) is 5. The quantitative estimate of drug-likeness (QED) is 0.0430. The number of amides is 1. The number of halogens is 3. The number of fused-ring (bicyclic) bond motifs is 1. The van der Waals surface area contributed by atoms with Crippen LogP contribution in [0.3, 0.4) is 0 Å². The van der Waals surface area contributed by atoms with Crippen molar-refractivity contribution in [2.75, 3.05) is 23.4 Å². The fourth-order valence-corrected chi connectivity index (χ4v) is 8.70. The average Bonchev–Trinajstić information content (AvgIpc) is 3.39. The number of aromatic nitrogens is 3. The van der Waals surface area contributed by atoms with E-state index in [0.29, 0.717) is 18.8 Å². The maximum absolute atomic E-state index is 13.0. The zero-order valence-electron chi connectivity index (χ0n) is 41.6. The van der Waals surface area contributed by atoms with E-state index in [1.807, 2.05) is 41.4 Å². The van der Waals surface area contributed by atoms with Gasteiger partial charge in [0.25, 0.3) is 11.5 Å². The molecule has 0 atom stereocenters. The molecule has 0 aliphatic carbocycles. The average molecular weight is 1260 g/mol. The Kier molecular flexibility index (Phi) is 21.8. The van der Waals surface area contributed by atoms with Crippen LogP contribution in [0, 0.1) is 0 Å². The summed E-state index contributed by atoms with van der Waals surface area (Å²) in [6, 6.07) is 48.7. The number of unbranched alkanes of at least 4 members (excludes halogenated alkanes) is 7. The van der Waals surface area contributed by atoms with E-state index in [-0.39, 0.29) is 65.1 Å². The van der Waals surface area contributed by atoms with Crippen LogP contribution in [0.1, 0.15) is 84.0 Å². The third-order valence-corrected chi connectivity index (χ3v) is 13.0. The Morgan fingerprint density at radius 1 is 0.548 bits per heavy atom. The normalized spacial score (nSPS) is 11.1. The molecule has 0 saturated carbocycles. The van der Waals surface area contributed by atoms with E-state index in [9.17, 15) is 9.59 Å². The van der Waals surface area contributed by atoms with Crippen LogP contribution in [0.2, 0.25) is 0 Å². The lowest BCUT2D eigenvalue weighted by Crippen LogP contribution is -3.00. The smallest absolute Gasteiger partial charge is 0.274 e. The minimum absolute atomic E-state index is 0. The van der Waals surface area contributed by atoms with Crippen LogP contribution in [0.25, 0.3) is 35.2 Å². The van der Waals surface area contributed by atoms with E-state index in [1.54, 1.807) is 41.9 Å². The van der Waals surface area contributed by atoms with Gasteiger partial charge in [0, 0.05) is 63.8 Å². The predicted octanol–water partition coefficient (Wildman–Crippen LogP) is 7.60. The van der Waals surface area contributed by atoms with Gasteiger partial charge in [0.1, 0.15) is 31.3 Å². The summed E-state index contributed by atoms with van der Waals surface area (Å²) in [7, 11) is 5.75. The van der Waals surface area contributed by atoms with Gasteiger partial charge in [-0.05, 0) is 132 Å². The minimum Gasteiger partial charge on any atom is -1.00 e. The Morgan fingerprint density at radius 3 is 1.40 bits per heavy atom. The molecule has 0 aliphatic heterocycles. The number of pyridine rings is 3. The van der Waals surface area contributed by atoms with Gasteiger partial charge in [0.2, 0.25) is 0 Å². The van der Waals surface area contributed by atoms with Crippen molar-refractivity contribution in [3.05, 3.63) is 213 Å². The number of carbonyl (C=O) groups is 1. The summed E-state index contributed by atoms with van der Waals surface area (Å²) in [5, 5.41) is 3.64. The molecule has 0 unspecified atom stereocenters. The molecule has 0 fully saturated rings. The number of ether oxygens (including phenoxy) is 2. The minimum atomic E-state index is -0.342. The number of nitrogens with one attached hydrogen (secondary N) is 1. The van der Waals surface area contributed by atoms with Crippen LogP contribution in [-0.2, 0) is 21.1 Å². The predicted molar refractivity (Wildman–Crippen MR) is 293 cm³/mol. The first kappa shape index (κ1) is 56.2. The van der Waals surface area contributed by atoms with Crippen molar-refractivity contribution >= 4 is 79.8 Å². The van der Waals surface area contributed by atoms with E-state index in [1.165, 1.54) is 25.7 Å². The lowest BCUT2D eigenvalue weighted by Gasteiger charge is -2.26. The molecule has 3 heterocycles. The molecule has 9 nitrogen and oxygen atoms in total. The molecule has 5 aromatic carbocycles. The third kappa shape index (κ3) is 16.4. The molecule has 376 valence electrons. The molecule has 3 aromatic heterocycles. The highest BCUT2D eigenvalue weighted by molar-refractivity contribution is 9.10. The van der Waals surface area contributed by atoms with Gasteiger partial charge in [0.05, 0.1) is 18.7 Å². The van der Waals surface area contributed by atoms with Crippen LogP contribution < -0.4 is 82.3 Å². The van der Waals surface area contributed by atoms with E-state index >= 15 is 0 Å². The van der Waals surface area contributed by atoms with Crippen LogP contribution in [-0.4, -0.2) is 23.7 Å². The number of benzene rings is 5. The van der Waals surface area contributed by atoms with Crippen molar-refractivity contribution in [2.24, 2.45) is 21.1 Å². The van der Waals surface area contributed by atoms with Crippen molar-refractivity contribution in [1.82, 2.24) is 4.57 Å². The molecule has 8 rings (SSSR count). The molecular weight excluding hydrogens is 1200 g/mol. The summed E-state index contributed by atoms with van der Waals surface area (Å²) < 4.78 is 18.7. The van der Waals surface area contributed by atoms with Gasteiger partial charge in [0.15, 0.2) is 24.8 Å². The second-order valence-corrected chi connectivity index (χ2v) is 18.8. The van der Waals surface area contributed by atoms with E-state index in [4.69, 9.17) is 9.47 Å². The zero-order valence-corrected chi connectivity index (χ0v) is 47.5. The van der Waals surface area contributed by atoms with Crippen LogP contribution in [0.15, 0.2) is 180 Å². The van der Waals surface area contributed by atoms with Crippen LogP contribution >= 0.6 is 15.9 Å². The van der Waals surface area contributed by atoms with E-state index < -0.39 is 0 Å². The summed E-state index contributed by atoms with van der Waals surface area (Å²) in [6.07, 6.45) is 25.9. The highest BCUT2D eigenvalue weighted by Gasteiger charge is 2.15. The third-order valence-electron chi connectivity index (χ3n) is 12.5. The molecule has 0 spiro atoms. The Bertz CT molecular complexity index is 3030. The highest BCUT2D eigenvalue weighted by Crippen LogP contribution is 2.36. The molecule has 0 saturated heterocycles. The fraction of sp³-hybridized carbons (Fsp3) is 0.213. The standard InChI is InChI=1S/C61H61BrN5O4.2HI/c1-64-38-34-48(35-39-64)14-12-46-16-23-53(24-17-46)67(54-25-18-47(19-26-54)13-15-49-36-40-65(2)41-37-49)55-27-31-57(32-28-55)71-43-11-9-7-5-4-6-8-10-42-70-56-29-20-50(21-30-56)60(68)63-58-45-51-44-52(62)22-33-59(51)66(3)61(58)69;;/h12-41,44-45H,4-11,42-43H2,1-3H3;2*1H/q+1;;/p-1. The maximum Gasteiger partial charge on any atom is 0.274 e. The van der Waals surface area contributed by atoms with E-state index in [2.05, 4.69) is 172 Å². The molecule has 0 bridgehead atoms. The van der Waals surface area contributed by atoms with Crippen molar-refractivity contribution in [3.63, 3.8) is 0 Å². The number of nitrogens with zero attached hydrogens (tertiary/aromatic N) is 4. The molecule has 0 radical (unpaired) electrons. The molecule has 1 amide bonds. The lowest BCUT2D eigenvalue weighted by molar-refractivity contribution is -0.671. The largest absolute Gasteiger partial charge is 1.00 e. The maximum atomic E-state index is 13.0. The van der Waals surface area contributed by atoms with Crippen LogP contribution in [0.5, 0.6) is 11.5 Å². The van der Waals surface area contributed by atoms with Gasteiger partial charge in [-0.1, -0.05) is 103 Å². The molecule has 73 heavy (non-hydrogen) atoms. The Morgan fingerprint density at radius 2 is 0.945 bits per heavy atom. The first-order valence-corrected chi connectivity index (χ1v) is 25.3. The summed E-state index contributed by atoms with van der Waals surface area (Å²) in [5.74, 6) is 1.26. The number of carbonyl (C=O) groups excluding carboxylic acids is 1. The van der Waals surface area contributed by atoms with Crippen molar-refractivity contribution in [2.45, 2.75) is 51.4 Å². The first-order valence-electron chi connectivity index (χ1n) is 24.5. The summed E-state index contributed by atoms with van der Waals surface area (Å²) in [4.78, 5) is 28.2. The lowest BCUT2D eigenvalue weighted by atomic mass is 10.1. The molecule has 12 heteroatoms. The number of hydrogen-bond donors (Lipinski definition) is 1. The van der Waals surface area contributed by atoms with Gasteiger partial charge in [-0.15, -0.1) is 0 Å². The van der Waals surface area contributed by atoms with Crippen LogP contribution in [0.4, 0.5) is 22.7 Å². The topological polar surface area (TPSA) is 80.6 Å². The zero-order chi connectivity index (χ0) is 49.4. The Labute approximate surface area is 472 Å². The molecule has 0 aliphatic rings. The Hall–Kier alpha value is -6.10. The van der Waals surface area contributed by atoms with E-state index in [0.717, 1.165) is 91.9 Å². The first-order chi connectivity index (χ1) is 34.6. The Balaban J connectivity index is 0.00000435. The SMILES string of the molecule is Cn1c(=O)c(NC(=O)c2ccc(OCCCCCCCCCCOc3ccc(N(c4ccc(/C=C/c5cc[n+](C)cc5)cc4)c4ccc(/C=C/c5cc[n+](C)cc5)cc4)cc3)cc2)cc2cc(Br)ccc21.[I-].[I-]. The van der Waals surface area contributed by atoms with Crippen molar-refractivity contribution in [3.8, 4) is 11.5 Å². The summed E-state index contributed by atoms with van der Waals surface area (Å²) >= 11 is 3.48. The number of anilines is 4. The highest BCUT2D eigenvalue weighted by atomic mass is 127. The molecular formula is C61H62BrI2N5O4. The fourth-order valence-electron chi connectivity index (χ4n) is 8.32. The van der Waals surface area contributed by atoms with Gasteiger partial charge < -0.3 is 72.2 Å². The summed E-state index contributed by atoms with van der Waals surface area (Å²) in [5.41, 5.74) is 9.03. The number of aryl methyl sites for hydroxylation is 3. The summed E-state index contributed by atoms with van der Waals surface area (Å²) in [6.45, 7) is 1.33. The van der Waals surface area contributed by atoms with Crippen molar-refractivity contribution in [1.29, 1.82) is 0 Å². The second-order valence-electron chi connectivity index (χ2n) is 17.9. The van der Waals surface area contributed by atoms with Gasteiger partial charge in [-0.2, -0.15) is 0 Å². The van der Waals surface area contributed by atoms with Gasteiger partial charge in [-0.3, -0.25) is 9.59 Å². The van der Waals surface area contributed by atoms with Crippen molar-refractivity contribution < 1.29 is 71.4 Å². The molecule has 8 aromatic rings.